The number of benzene rings is 2. The van der Waals surface area contributed by atoms with Crippen molar-refractivity contribution in [2.75, 3.05) is 26.7 Å². The van der Waals surface area contributed by atoms with Crippen LogP contribution in [0.3, 0.4) is 0 Å². The van der Waals surface area contributed by atoms with Crippen LogP contribution in [0.25, 0.3) is 22.3 Å². The molecule has 2 saturated heterocycles. The summed E-state index contributed by atoms with van der Waals surface area (Å²) in [7, 11) is 0. The molecule has 4 aliphatic heterocycles. The summed E-state index contributed by atoms with van der Waals surface area (Å²) < 4.78 is 22.7. The van der Waals surface area contributed by atoms with Gasteiger partial charge in [-0.15, -0.1) is 0 Å². The van der Waals surface area contributed by atoms with Gasteiger partial charge in [0.25, 0.3) is 11.8 Å². The number of carbonyl (C=O) groups excluding carboxylic acids is 2. The van der Waals surface area contributed by atoms with E-state index in [0.717, 1.165) is 44.8 Å². The Bertz CT molecular complexity index is 1440. The molecule has 0 bridgehead atoms. The van der Waals surface area contributed by atoms with Crippen molar-refractivity contribution in [1.82, 2.24) is 10.6 Å². The van der Waals surface area contributed by atoms with Crippen LogP contribution in [-0.2, 0) is 28.5 Å². The van der Waals surface area contributed by atoms with Gasteiger partial charge in [-0.25, -0.2) is 0 Å². The van der Waals surface area contributed by atoms with Gasteiger partial charge in [0, 0.05) is 38.3 Å². The third-order valence-corrected chi connectivity index (χ3v) is 8.44. The first-order valence-electron chi connectivity index (χ1n) is 16.0. The number of ether oxygens (including phenoxy) is 4. The van der Waals surface area contributed by atoms with Crippen molar-refractivity contribution >= 4 is 34.4 Å². The number of amides is 2. The number of hydrogen-bond donors (Lipinski definition) is 2. The van der Waals surface area contributed by atoms with Crippen LogP contribution < -0.4 is 10.6 Å². The fourth-order valence-electron chi connectivity index (χ4n) is 5.85. The lowest BCUT2D eigenvalue weighted by molar-refractivity contribution is -0.130. The zero-order valence-electron chi connectivity index (χ0n) is 26.8. The molecule has 242 valence electrons. The van der Waals surface area contributed by atoms with Gasteiger partial charge in [-0.1, -0.05) is 76.2 Å². The number of nitrogens with zero attached hydrogens (tertiary/aromatic N) is 2. The Morgan fingerprint density at radius 1 is 0.630 bits per heavy atom. The van der Waals surface area contributed by atoms with Crippen LogP contribution in [0.1, 0.15) is 51.7 Å². The minimum absolute atomic E-state index is 0.0827. The Morgan fingerprint density at radius 3 is 1.37 bits per heavy atom. The van der Waals surface area contributed by atoms with Crippen LogP contribution in [-0.4, -0.2) is 74.3 Å². The predicted molar refractivity (Wildman–Crippen MR) is 177 cm³/mol. The largest absolute Gasteiger partial charge is 0.353 e. The van der Waals surface area contributed by atoms with Gasteiger partial charge in [-0.2, -0.15) is 0 Å². The van der Waals surface area contributed by atoms with Gasteiger partial charge < -0.3 is 29.6 Å². The van der Waals surface area contributed by atoms with Gasteiger partial charge in [0.15, 0.2) is 12.2 Å². The summed E-state index contributed by atoms with van der Waals surface area (Å²) in [6, 6.07) is 16.8. The summed E-state index contributed by atoms with van der Waals surface area (Å²) in [5, 5.41) is 5.88. The van der Waals surface area contributed by atoms with Crippen LogP contribution in [0.2, 0.25) is 0 Å². The van der Waals surface area contributed by atoms with Crippen LogP contribution in [0.15, 0.2) is 70.9 Å². The average Bonchev–Trinajstić information content (AvgIpc) is 3.89. The summed E-state index contributed by atoms with van der Waals surface area (Å²) in [4.78, 5) is 34.5. The van der Waals surface area contributed by atoms with E-state index in [1.165, 1.54) is 0 Å². The van der Waals surface area contributed by atoms with E-state index in [-0.39, 0.29) is 25.4 Å². The third-order valence-electron chi connectivity index (χ3n) is 8.44. The molecular weight excluding hydrogens is 584 g/mol. The van der Waals surface area contributed by atoms with Gasteiger partial charge in [-0.05, 0) is 45.2 Å². The lowest BCUT2D eigenvalue weighted by Crippen LogP contribution is -2.44. The highest BCUT2D eigenvalue weighted by Gasteiger charge is 2.41. The number of carbonyl (C=O) groups is 2. The first-order chi connectivity index (χ1) is 22.3. The molecular formula is C36H42N4O6. The molecule has 6 rings (SSSR count). The molecule has 2 aromatic carbocycles. The van der Waals surface area contributed by atoms with E-state index in [9.17, 15) is 9.59 Å². The summed E-state index contributed by atoms with van der Waals surface area (Å²) >= 11 is 0. The van der Waals surface area contributed by atoms with Gasteiger partial charge in [0.2, 0.25) is 0 Å². The molecule has 2 amide bonds. The molecule has 4 aliphatic rings. The minimum atomic E-state index is -0.684. The quantitative estimate of drug-likeness (QED) is 0.372. The highest BCUT2D eigenvalue weighted by Crippen LogP contribution is 2.32. The highest BCUT2D eigenvalue weighted by atomic mass is 16.7. The Kier molecular flexibility index (Phi) is 9.89. The molecule has 4 atom stereocenters. The van der Waals surface area contributed by atoms with Gasteiger partial charge in [0.05, 0.1) is 11.4 Å². The Labute approximate surface area is 270 Å². The molecule has 2 N–H and O–H groups in total. The van der Waals surface area contributed by atoms with E-state index in [2.05, 4.69) is 96.8 Å². The topological polar surface area (TPSA) is 120 Å². The average molecular weight is 627 g/mol. The van der Waals surface area contributed by atoms with Crippen molar-refractivity contribution in [2.45, 2.75) is 65.0 Å². The van der Waals surface area contributed by atoms with Crippen molar-refractivity contribution < 1.29 is 28.5 Å². The molecule has 0 unspecified atom stereocenters. The monoisotopic (exact) mass is 626 g/mol. The molecule has 46 heavy (non-hydrogen) atoms. The van der Waals surface area contributed by atoms with Gasteiger partial charge >= 0.3 is 0 Å². The van der Waals surface area contributed by atoms with Crippen molar-refractivity contribution in [1.29, 1.82) is 0 Å². The smallest absolute Gasteiger partial charge is 0.252 e. The zero-order valence-corrected chi connectivity index (χ0v) is 26.8. The van der Waals surface area contributed by atoms with Gasteiger partial charge in [-0.3, -0.25) is 19.6 Å². The number of hydrogen-bond acceptors (Lipinski definition) is 8. The molecule has 0 spiro atoms. The fourth-order valence-corrected chi connectivity index (χ4v) is 5.85. The number of nitrogens with one attached hydrogen (secondary N) is 2. The van der Waals surface area contributed by atoms with E-state index in [1.54, 1.807) is 0 Å². The summed E-state index contributed by atoms with van der Waals surface area (Å²) in [6.45, 7) is 9.56. The molecule has 4 heterocycles. The molecule has 0 aromatic heterocycles. The van der Waals surface area contributed by atoms with Crippen LogP contribution >= 0.6 is 0 Å². The molecule has 0 saturated carbocycles. The molecule has 0 aliphatic carbocycles. The second-order valence-corrected chi connectivity index (χ2v) is 12.9. The highest BCUT2D eigenvalue weighted by molar-refractivity contribution is 6.05. The van der Waals surface area contributed by atoms with Crippen LogP contribution in [0.5, 0.6) is 0 Å². The second kappa shape index (κ2) is 14.2. The lowest BCUT2D eigenvalue weighted by atomic mass is 9.95. The second-order valence-electron chi connectivity index (χ2n) is 12.9. The normalized spacial score (nSPS) is 24.2. The van der Waals surface area contributed by atoms with Crippen LogP contribution in [0, 0.1) is 11.8 Å². The Hall–Kier alpha value is -3.96. The lowest BCUT2D eigenvalue weighted by Gasteiger charge is -2.18. The van der Waals surface area contributed by atoms with E-state index < -0.39 is 24.4 Å². The van der Waals surface area contributed by atoms with E-state index in [4.69, 9.17) is 18.9 Å². The van der Waals surface area contributed by atoms with Crippen molar-refractivity contribution in [3.63, 3.8) is 0 Å². The molecule has 10 heteroatoms. The Morgan fingerprint density at radius 2 is 1.00 bits per heavy atom. The number of allylic oxidation sites excluding steroid dienone is 2. The Balaban J connectivity index is 1.02. The zero-order chi connectivity index (χ0) is 32.2. The maximum Gasteiger partial charge on any atom is 0.252 e. The first-order valence-corrected chi connectivity index (χ1v) is 16.0. The third kappa shape index (κ3) is 7.20. The first kappa shape index (κ1) is 32.0. The summed E-state index contributed by atoms with van der Waals surface area (Å²) in [5.74, 6) is 0.389. The number of aliphatic imine (C=N–C) groups is 2. The predicted octanol–water partition coefficient (Wildman–Crippen LogP) is 4.75. The van der Waals surface area contributed by atoms with E-state index in [0.29, 0.717) is 37.8 Å². The van der Waals surface area contributed by atoms with Gasteiger partial charge in [0.1, 0.15) is 25.8 Å². The van der Waals surface area contributed by atoms with E-state index >= 15 is 0 Å². The molecule has 10 nitrogen and oxygen atoms in total. The summed E-state index contributed by atoms with van der Waals surface area (Å²) in [6.07, 6.45) is 2.60. The molecule has 0 radical (unpaired) electrons. The molecule has 2 aromatic rings. The maximum atomic E-state index is 12.7. The SMILES string of the molecule is CC(C)CNC(=O)[C@@H]1OCO[C@H]1C1=NC=C(c2ccc(-c3ccc(C4=CN=C([C@@H]5OCO[C@H]5C(=O)NCC(C)C)C4)cc3)cc2)C1. The standard InChI is InChI=1S/C36H42N4O6/c1-21(2)15-39-35(41)33-31(43-19-45-33)29-13-27(17-37-29)25-9-5-23(6-10-25)24-7-11-26(12-8-24)28-14-30(38-18-28)32-34(46-20-44-32)36(42)40-16-22(3)4/h5-12,17-18,21-22,31-34H,13-16,19-20H2,1-4H3,(H,39,41)(H,40,42)/t31-,32-,33+,34+/m0/s1. The minimum Gasteiger partial charge on any atom is -0.353 e. The van der Waals surface area contributed by atoms with Crippen LogP contribution in [0.4, 0.5) is 0 Å². The molecule has 2 fully saturated rings. The number of rotatable bonds is 11. The fraction of sp³-hybridized carbons (Fsp3) is 0.444. The maximum absolute atomic E-state index is 12.7. The van der Waals surface area contributed by atoms with E-state index in [1.807, 2.05) is 12.4 Å². The van der Waals surface area contributed by atoms with Crippen molar-refractivity contribution in [2.24, 2.45) is 21.8 Å². The van der Waals surface area contributed by atoms with Crippen molar-refractivity contribution in [3.05, 3.63) is 72.1 Å². The van der Waals surface area contributed by atoms with Crippen molar-refractivity contribution in [3.8, 4) is 11.1 Å². The summed E-state index contributed by atoms with van der Waals surface area (Å²) in [5.41, 5.74) is 8.14.